The summed E-state index contributed by atoms with van der Waals surface area (Å²) >= 11 is 0. The number of rotatable bonds is 4. The molecule has 88 valence electrons. The standard InChI is InChI=1S/C13H15N3O/c1-3-12(17)8-16-9-13(14-15-16)11-6-4-10(2)5-7-11/h4-7,9H,3,8H2,1-2H3. The van der Waals surface area contributed by atoms with Crippen molar-refractivity contribution in [3.63, 3.8) is 0 Å². The lowest BCUT2D eigenvalue weighted by Crippen LogP contribution is -2.09. The first kappa shape index (κ1) is 11.5. The quantitative estimate of drug-likeness (QED) is 0.807. The molecular weight excluding hydrogens is 214 g/mol. The van der Waals surface area contributed by atoms with Gasteiger partial charge >= 0.3 is 0 Å². The molecule has 0 aliphatic carbocycles. The fraction of sp³-hybridized carbons (Fsp3) is 0.308. The average Bonchev–Trinajstić information content (AvgIpc) is 2.78. The minimum atomic E-state index is 0.158. The first-order chi connectivity index (χ1) is 8.19. The number of benzene rings is 1. The number of carbonyl (C=O) groups is 1. The molecule has 0 amide bonds. The van der Waals surface area contributed by atoms with E-state index in [9.17, 15) is 4.79 Å². The Morgan fingerprint density at radius 1 is 1.29 bits per heavy atom. The van der Waals surface area contributed by atoms with Crippen molar-refractivity contribution in [2.45, 2.75) is 26.8 Å². The summed E-state index contributed by atoms with van der Waals surface area (Å²) in [5.74, 6) is 0.158. The van der Waals surface area contributed by atoms with Gasteiger partial charge in [-0.05, 0) is 6.92 Å². The summed E-state index contributed by atoms with van der Waals surface area (Å²) in [4.78, 5) is 11.3. The lowest BCUT2D eigenvalue weighted by atomic mass is 10.1. The van der Waals surface area contributed by atoms with E-state index in [-0.39, 0.29) is 5.78 Å². The van der Waals surface area contributed by atoms with Crippen molar-refractivity contribution < 1.29 is 4.79 Å². The van der Waals surface area contributed by atoms with Gasteiger partial charge in [0.05, 0.1) is 6.20 Å². The molecule has 0 radical (unpaired) electrons. The SMILES string of the molecule is CCC(=O)Cn1cc(-c2ccc(C)cc2)nn1. The van der Waals surface area contributed by atoms with Crippen LogP contribution in [0.1, 0.15) is 18.9 Å². The molecular formula is C13H15N3O. The number of carbonyl (C=O) groups excluding carboxylic acids is 1. The van der Waals surface area contributed by atoms with Crippen LogP contribution in [0.15, 0.2) is 30.5 Å². The van der Waals surface area contributed by atoms with Crippen molar-refractivity contribution in [1.82, 2.24) is 15.0 Å². The van der Waals surface area contributed by atoms with Crippen LogP contribution in [-0.4, -0.2) is 20.8 Å². The van der Waals surface area contributed by atoms with Crippen LogP contribution in [-0.2, 0) is 11.3 Å². The van der Waals surface area contributed by atoms with Gasteiger partial charge in [0, 0.05) is 12.0 Å². The zero-order chi connectivity index (χ0) is 12.3. The van der Waals surface area contributed by atoms with Gasteiger partial charge in [-0.15, -0.1) is 5.10 Å². The van der Waals surface area contributed by atoms with Crippen molar-refractivity contribution in [1.29, 1.82) is 0 Å². The van der Waals surface area contributed by atoms with Gasteiger partial charge in [-0.2, -0.15) is 0 Å². The van der Waals surface area contributed by atoms with E-state index in [1.807, 2.05) is 38.1 Å². The number of Topliss-reactive ketones (excluding diaryl/α,β-unsaturated/α-hetero) is 1. The summed E-state index contributed by atoms with van der Waals surface area (Å²) in [6, 6.07) is 8.08. The number of hydrogen-bond donors (Lipinski definition) is 0. The second-order valence-electron chi connectivity index (χ2n) is 4.06. The third kappa shape index (κ3) is 2.78. The molecule has 0 aliphatic rings. The van der Waals surface area contributed by atoms with Crippen molar-refractivity contribution in [2.24, 2.45) is 0 Å². The molecule has 0 aliphatic heterocycles. The highest BCUT2D eigenvalue weighted by molar-refractivity contribution is 5.77. The average molecular weight is 229 g/mol. The van der Waals surface area contributed by atoms with Gasteiger partial charge in [0.2, 0.25) is 0 Å². The minimum Gasteiger partial charge on any atom is -0.298 e. The normalized spacial score (nSPS) is 10.5. The van der Waals surface area contributed by atoms with E-state index in [1.165, 1.54) is 5.56 Å². The molecule has 0 saturated carbocycles. The molecule has 0 unspecified atom stereocenters. The Labute approximate surface area is 100 Å². The number of aromatic nitrogens is 3. The molecule has 1 aromatic carbocycles. The van der Waals surface area contributed by atoms with Crippen molar-refractivity contribution in [3.8, 4) is 11.3 Å². The molecule has 0 atom stereocenters. The molecule has 0 spiro atoms. The molecule has 17 heavy (non-hydrogen) atoms. The molecule has 0 N–H and O–H groups in total. The summed E-state index contributed by atoms with van der Waals surface area (Å²) < 4.78 is 1.58. The maximum absolute atomic E-state index is 11.3. The third-order valence-electron chi connectivity index (χ3n) is 2.62. The number of nitrogens with zero attached hydrogens (tertiary/aromatic N) is 3. The van der Waals surface area contributed by atoms with Gasteiger partial charge in [0.25, 0.3) is 0 Å². The smallest absolute Gasteiger partial charge is 0.154 e. The van der Waals surface area contributed by atoms with E-state index in [2.05, 4.69) is 10.3 Å². The van der Waals surface area contributed by atoms with Crippen LogP contribution in [0.25, 0.3) is 11.3 Å². The second kappa shape index (κ2) is 4.91. The summed E-state index contributed by atoms with van der Waals surface area (Å²) in [5.41, 5.74) is 3.03. The molecule has 2 rings (SSSR count). The molecule has 4 nitrogen and oxygen atoms in total. The number of ketones is 1. The third-order valence-corrected chi connectivity index (χ3v) is 2.62. The fourth-order valence-electron chi connectivity index (χ4n) is 1.52. The Bertz CT molecular complexity index is 514. The van der Waals surface area contributed by atoms with E-state index in [0.717, 1.165) is 11.3 Å². The molecule has 2 aromatic rings. The van der Waals surface area contributed by atoms with E-state index in [0.29, 0.717) is 13.0 Å². The van der Waals surface area contributed by atoms with Crippen molar-refractivity contribution >= 4 is 5.78 Å². The Morgan fingerprint density at radius 2 is 2.00 bits per heavy atom. The van der Waals surface area contributed by atoms with Crippen LogP contribution < -0.4 is 0 Å². The van der Waals surface area contributed by atoms with Gasteiger partial charge in [-0.3, -0.25) is 4.79 Å². The topological polar surface area (TPSA) is 47.8 Å². The Morgan fingerprint density at radius 3 is 2.65 bits per heavy atom. The zero-order valence-corrected chi connectivity index (χ0v) is 10.1. The second-order valence-corrected chi connectivity index (χ2v) is 4.06. The first-order valence-electron chi connectivity index (χ1n) is 5.68. The maximum Gasteiger partial charge on any atom is 0.154 e. The predicted octanol–water partition coefficient (Wildman–Crippen LogP) is 2.23. The molecule has 1 heterocycles. The summed E-state index contributed by atoms with van der Waals surface area (Å²) in [7, 11) is 0. The molecule has 0 bridgehead atoms. The Hall–Kier alpha value is -1.97. The number of hydrogen-bond acceptors (Lipinski definition) is 3. The highest BCUT2D eigenvalue weighted by Gasteiger charge is 2.05. The predicted molar refractivity (Wildman–Crippen MR) is 65.5 cm³/mol. The van der Waals surface area contributed by atoms with E-state index in [1.54, 1.807) is 10.9 Å². The molecule has 0 saturated heterocycles. The van der Waals surface area contributed by atoms with Crippen LogP contribution in [0.3, 0.4) is 0 Å². The summed E-state index contributed by atoms with van der Waals surface area (Å²) in [6.45, 7) is 4.19. The largest absolute Gasteiger partial charge is 0.298 e. The fourth-order valence-corrected chi connectivity index (χ4v) is 1.52. The van der Waals surface area contributed by atoms with Gasteiger partial charge in [-0.1, -0.05) is 42.0 Å². The van der Waals surface area contributed by atoms with E-state index < -0.39 is 0 Å². The molecule has 4 heteroatoms. The van der Waals surface area contributed by atoms with Crippen LogP contribution in [0.5, 0.6) is 0 Å². The molecule has 1 aromatic heterocycles. The maximum atomic E-state index is 11.3. The van der Waals surface area contributed by atoms with E-state index in [4.69, 9.17) is 0 Å². The van der Waals surface area contributed by atoms with Crippen molar-refractivity contribution in [3.05, 3.63) is 36.0 Å². The lowest BCUT2D eigenvalue weighted by molar-refractivity contribution is -0.119. The van der Waals surface area contributed by atoms with Crippen LogP contribution in [0, 0.1) is 6.92 Å². The lowest BCUT2D eigenvalue weighted by Gasteiger charge is -1.97. The van der Waals surface area contributed by atoms with Gasteiger partial charge in [0.15, 0.2) is 5.78 Å². The molecule has 0 fully saturated rings. The Kier molecular flexibility index (Phi) is 3.32. The highest BCUT2D eigenvalue weighted by atomic mass is 16.1. The van der Waals surface area contributed by atoms with Gasteiger partial charge < -0.3 is 0 Å². The highest BCUT2D eigenvalue weighted by Crippen LogP contribution is 2.16. The summed E-state index contributed by atoms with van der Waals surface area (Å²) in [5, 5.41) is 8.01. The number of aryl methyl sites for hydroxylation is 1. The minimum absolute atomic E-state index is 0.158. The van der Waals surface area contributed by atoms with Gasteiger partial charge in [0.1, 0.15) is 12.2 Å². The van der Waals surface area contributed by atoms with Crippen LogP contribution >= 0.6 is 0 Å². The van der Waals surface area contributed by atoms with Crippen LogP contribution in [0.4, 0.5) is 0 Å². The Balaban J connectivity index is 2.18. The summed E-state index contributed by atoms with van der Waals surface area (Å²) in [6.07, 6.45) is 2.33. The monoisotopic (exact) mass is 229 g/mol. The van der Waals surface area contributed by atoms with Gasteiger partial charge in [-0.25, -0.2) is 4.68 Å². The van der Waals surface area contributed by atoms with Crippen LogP contribution in [0.2, 0.25) is 0 Å². The zero-order valence-electron chi connectivity index (χ0n) is 10.1. The first-order valence-corrected chi connectivity index (χ1v) is 5.68. The van der Waals surface area contributed by atoms with E-state index >= 15 is 0 Å². The van der Waals surface area contributed by atoms with Crippen molar-refractivity contribution in [2.75, 3.05) is 0 Å².